The molecule has 0 amide bonds. The SMILES string of the molecule is Nc1cccc(NCc2ccns2)n1. The van der Waals surface area contributed by atoms with Crippen molar-refractivity contribution in [2.24, 2.45) is 0 Å². The molecule has 72 valence electrons. The number of pyridine rings is 1. The number of rotatable bonds is 3. The van der Waals surface area contributed by atoms with Crippen LogP contribution in [-0.4, -0.2) is 9.36 Å². The standard InChI is InChI=1S/C9H10N4S/c10-8-2-1-3-9(13-8)11-6-7-4-5-12-14-7/h1-5H,6H2,(H3,10,11,13). The number of hydrogen-bond acceptors (Lipinski definition) is 5. The van der Waals surface area contributed by atoms with Crippen LogP contribution >= 0.6 is 11.5 Å². The summed E-state index contributed by atoms with van der Waals surface area (Å²) >= 11 is 1.47. The summed E-state index contributed by atoms with van der Waals surface area (Å²) in [7, 11) is 0. The van der Waals surface area contributed by atoms with Gasteiger partial charge >= 0.3 is 0 Å². The van der Waals surface area contributed by atoms with E-state index >= 15 is 0 Å². The highest BCUT2D eigenvalue weighted by Crippen LogP contribution is 2.10. The van der Waals surface area contributed by atoms with Gasteiger partial charge in [0.15, 0.2) is 0 Å². The first-order chi connectivity index (χ1) is 6.84. The second kappa shape index (κ2) is 4.06. The molecule has 0 spiro atoms. The Morgan fingerprint density at radius 2 is 2.29 bits per heavy atom. The Hall–Kier alpha value is -1.62. The third kappa shape index (κ3) is 2.20. The normalized spacial score (nSPS) is 10.0. The van der Waals surface area contributed by atoms with E-state index in [1.165, 1.54) is 16.4 Å². The summed E-state index contributed by atoms with van der Waals surface area (Å²) in [5, 5.41) is 3.17. The monoisotopic (exact) mass is 206 g/mol. The molecule has 0 aliphatic heterocycles. The molecule has 5 heteroatoms. The van der Waals surface area contributed by atoms with Crippen molar-refractivity contribution in [2.75, 3.05) is 11.1 Å². The number of nitrogens with zero attached hydrogens (tertiary/aromatic N) is 2. The second-order valence-electron chi connectivity index (χ2n) is 2.78. The maximum absolute atomic E-state index is 5.55. The van der Waals surface area contributed by atoms with Gasteiger partial charge in [0, 0.05) is 11.1 Å². The molecule has 0 aliphatic rings. The first-order valence-corrected chi connectivity index (χ1v) is 4.98. The lowest BCUT2D eigenvalue weighted by atomic mass is 10.4. The van der Waals surface area contributed by atoms with Crippen molar-refractivity contribution < 1.29 is 0 Å². The van der Waals surface area contributed by atoms with E-state index in [-0.39, 0.29) is 0 Å². The molecule has 2 aromatic rings. The Morgan fingerprint density at radius 3 is 3.00 bits per heavy atom. The highest BCUT2D eigenvalue weighted by molar-refractivity contribution is 7.05. The van der Waals surface area contributed by atoms with Crippen molar-refractivity contribution in [1.82, 2.24) is 9.36 Å². The second-order valence-corrected chi connectivity index (χ2v) is 3.70. The van der Waals surface area contributed by atoms with Gasteiger partial charge in [-0.15, -0.1) is 0 Å². The van der Waals surface area contributed by atoms with Crippen LogP contribution in [0.2, 0.25) is 0 Å². The Morgan fingerprint density at radius 1 is 1.36 bits per heavy atom. The van der Waals surface area contributed by atoms with E-state index in [4.69, 9.17) is 5.73 Å². The van der Waals surface area contributed by atoms with E-state index in [9.17, 15) is 0 Å². The van der Waals surface area contributed by atoms with Crippen LogP contribution in [0, 0.1) is 0 Å². The lowest BCUT2D eigenvalue weighted by molar-refractivity contribution is 1.14. The lowest BCUT2D eigenvalue weighted by Gasteiger charge is -2.03. The van der Waals surface area contributed by atoms with E-state index in [0.717, 1.165) is 12.4 Å². The molecule has 0 saturated heterocycles. The molecule has 4 nitrogen and oxygen atoms in total. The summed E-state index contributed by atoms with van der Waals surface area (Å²) in [6.07, 6.45) is 1.79. The summed E-state index contributed by atoms with van der Waals surface area (Å²) in [5.41, 5.74) is 5.55. The Kier molecular flexibility index (Phi) is 2.60. The van der Waals surface area contributed by atoms with Crippen LogP contribution in [0.15, 0.2) is 30.5 Å². The smallest absolute Gasteiger partial charge is 0.128 e. The fraction of sp³-hybridized carbons (Fsp3) is 0.111. The van der Waals surface area contributed by atoms with E-state index in [0.29, 0.717) is 5.82 Å². The average molecular weight is 206 g/mol. The zero-order chi connectivity index (χ0) is 9.80. The number of nitrogen functional groups attached to an aromatic ring is 1. The van der Waals surface area contributed by atoms with Crippen LogP contribution in [0.1, 0.15) is 4.88 Å². The van der Waals surface area contributed by atoms with Gasteiger partial charge in [0.1, 0.15) is 11.6 Å². The van der Waals surface area contributed by atoms with Gasteiger partial charge < -0.3 is 11.1 Å². The van der Waals surface area contributed by atoms with Crippen molar-refractivity contribution in [1.29, 1.82) is 0 Å². The van der Waals surface area contributed by atoms with E-state index in [2.05, 4.69) is 14.7 Å². The predicted octanol–water partition coefficient (Wildman–Crippen LogP) is 1.73. The molecular weight excluding hydrogens is 196 g/mol. The molecule has 0 unspecified atom stereocenters. The highest BCUT2D eigenvalue weighted by atomic mass is 32.1. The van der Waals surface area contributed by atoms with Crippen molar-refractivity contribution in [3.63, 3.8) is 0 Å². The van der Waals surface area contributed by atoms with Crippen LogP contribution in [-0.2, 0) is 6.54 Å². The maximum Gasteiger partial charge on any atom is 0.128 e. The Balaban J connectivity index is 1.98. The van der Waals surface area contributed by atoms with E-state index in [1.807, 2.05) is 18.2 Å². The number of nitrogens with one attached hydrogen (secondary N) is 1. The van der Waals surface area contributed by atoms with Crippen LogP contribution in [0.25, 0.3) is 0 Å². The molecule has 3 N–H and O–H groups in total. The summed E-state index contributed by atoms with van der Waals surface area (Å²) in [5.74, 6) is 1.32. The van der Waals surface area contributed by atoms with Gasteiger partial charge in [0.05, 0.1) is 6.54 Å². The Bertz CT molecular complexity index is 399. The molecule has 2 heterocycles. The molecule has 0 saturated carbocycles. The number of hydrogen-bond donors (Lipinski definition) is 2. The molecule has 0 aromatic carbocycles. The third-order valence-electron chi connectivity index (χ3n) is 1.71. The van der Waals surface area contributed by atoms with Crippen LogP contribution in [0.5, 0.6) is 0 Å². The summed E-state index contributed by atoms with van der Waals surface area (Å²) in [4.78, 5) is 5.30. The molecule has 2 aromatic heterocycles. The Labute approximate surface area is 86.0 Å². The summed E-state index contributed by atoms with van der Waals surface area (Å²) in [6, 6.07) is 7.50. The number of anilines is 2. The molecule has 14 heavy (non-hydrogen) atoms. The van der Waals surface area contributed by atoms with Crippen LogP contribution in [0.3, 0.4) is 0 Å². The third-order valence-corrected chi connectivity index (χ3v) is 2.45. The summed E-state index contributed by atoms with van der Waals surface area (Å²) in [6.45, 7) is 0.737. The lowest BCUT2D eigenvalue weighted by Crippen LogP contribution is -2.01. The van der Waals surface area contributed by atoms with Crippen molar-refractivity contribution >= 4 is 23.2 Å². The van der Waals surface area contributed by atoms with Gasteiger partial charge in [-0.05, 0) is 29.7 Å². The molecule has 0 fully saturated rings. The van der Waals surface area contributed by atoms with Gasteiger partial charge in [-0.3, -0.25) is 0 Å². The van der Waals surface area contributed by atoms with Gasteiger partial charge in [0.25, 0.3) is 0 Å². The van der Waals surface area contributed by atoms with Crippen molar-refractivity contribution in [3.05, 3.63) is 35.3 Å². The maximum atomic E-state index is 5.55. The first-order valence-electron chi connectivity index (χ1n) is 4.20. The number of aromatic nitrogens is 2. The quantitative estimate of drug-likeness (QED) is 0.802. The zero-order valence-electron chi connectivity index (χ0n) is 7.47. The van der Waals surface area contributed by atoms with Crippen molar-refractivity contribution in [3.8, 4) is 0 Å². The van der Waals surface area contributed by atoms with Gasteiger partial charge in [-0.25, -0.2) is 9.36 Å². The zero-order valence-corrected chi connectivity index (χ0v) is 8.29. The average Bonchev–Trinajstić information content (AvgIpc) is 2.67. The highest BCUT2D eigenvalue weighted by Gasteiger charge is 1.96. The van der Waals surface area contributed by atoms with E-state index in [1.54, 1.807) is 12.3 Å². The molecule has 0 atom stereocenters. The minimum absolute atomic E-state index is 0.527. The predicted molar refractivity (Wildman–Crippen MR) is 58.1 cm³/mol. The van der Waals surface area contributed by atoms with Crippen LogP contribution in [0.4, 0.5) is 11.6 Å². The molecule has 0 radical (unpaired) electrons. The first kappa shape index (κ1) is 8.96. The molecule has 0 bridgehead atoms. The molecule has 0 aliphatic carbocycles. The minimum Gasteiger partial charge on any atom is -0.384 e. The molecule has 2 rings (SSSR count). The fourth-order valence-corrected chi connectivity index (χ4v) is 1.58. The number of nitrogens with two attached hydrogens (primary N) is 1. The van der Waals surface area contributed by atoms with Gasteiger partial charge in [0.2, 0.25) is 0 Å². The van der Waals surface area contributed by atoms with Crippen molar-refractivity contribution in [2.45, 2.75) is 6.54 Å². The van der Waals surface area contributed by atoms with Gasteiger partial charge in [-0.1, -0.05) is 6.07 Å². The van der Waals surface area contributed by atoms with E-state index < -0.39 is 0 Å². The summed E-state index contributed by atoms with van der Waals surface area (Å²) < 4.78 is 4.01. The topological polar surface area (TPSA) is 63.8 Å². The minimum atomic E-state index is 0.527. The molecular formula is C9H10N4S. The fourth-order valence-electron chi connectivity index (χ4n) is 1.06. The largest absolute Gasteiger partial charge is 0.384 e. The van der Waals surface area contributed by atoms with Crippen LogP contribution < -0.4 is 11.1 Å². The van der Waals surface area contributed by atoms with Gasteiger partial charge in [-0.2, -0.15) is 0 Å².